The van der Waals surface area contributed by atoms with Crippen molar-refractivity contribution in [3.63, 3.8) is 0 Å². The first kappa shape index (κ1) is 10.2. The molecule has 2 heterocycles. The van der Waals surface area contributed by atoms with E-state index in [0.29, 0.717) is 18.0 Å². The number of anilines is 1. The van der Waals surface area contributed by atoms with Crippen molar-refractivity contribution in [3.05, 3.63) is 29.8 Å². The van der Waals surface area contributed by atoms with Crippen LogP contribution in [-0.2, 0) is 0 Å². The van der Waals surface area contributed by atoms with Crippen LogP contribution in [0.3, 0.4) is 0 Å². The molecule has 1 saturated heterocycles. The first-order chi connectivity index (χ1) is 7.77. The van der Waals surface area contributed by atoms with E-state index in [-0.39, 0.29) is 0 Å². The van der Waals surface area contributed by atoms with Gasteiger partial charge >= 0.3 is 0 Å². The fraction of sp³-hybridized carbons (Fsp3) is 0.571. The first-order valence-electron chi connectivity index (χ1n) is 6.36. The number of para-hydroxylation sites is 1. The summed E-state index contributed by atoms with van der Waals surface area (Å²) in [6, 6.07) is 9.93. The van der Waals surface area contributed by atoms with Crippen LogP contribution in [0.4, 0.5) is 5.69 Å². The van der Waals surface area contributed by atoms with Crippen molar-refractivity contribution in [2.45, 2.75) is 32.4 Å². The lowest BCUT2D eigenvalue weighted by Gasteiger charge is -2.39. The summed E-state index contributed by atoms with van der Waals surface area (Å²) in [5.74, 6) is 1.45. The van der Waals surface area contributed by atoms with Gasteiger partial charge < -0.3 is 10.6 Å². The molecule has 1 fully saturated rings. The summed E-state index contributed by atoms with van der Waals surface area (Å²) in [5.41, 5.74) is 2.79. The minimum absolute atomic E-state index is 0.574. The zero-order chi connectivity index (χ0) is 11.1. The molecule has 2 nitrogen and oxygen atoms in total. The molecule has 0 amide bonds. The molecule has 3 unspecified atom stereocenters. The Bertz CT molecular complexity index is 386. The summed E-state index contributed by atoms with van der Waals surface area (Å²) in [6.45, 7) is 5.80. The molecule has 0 radical (unpaired) electrons. The van der Waals surface area contributed by atoms with Gasteiger partial charge in [0, 0.05) is 23.7 Å². The van der Waals surface area contributed by atoms with Crippen molar-refractivity contribution < 1.29 is 0 Å². The summed E-state index contributed by atoms with van der Waals surface area (Å²) in [5, 5.41) is 7.39. The SMILES string of the molecule is CC(C)C1Nc2ccccc2C2NCCC21. The normalized spacial score (nSPS) is 32.1. The molecular formula is C14H20N2. The van der Waals surface area contributed by atoms with E-state index in [9.17, 15) is 0 Å². The summed E-state index contributed by atoms with van der Waals surface area (Å²) >= 11 is 0. The van der Waals surface area contributed by atoms with Crippen LogP contribution in [0.15, 0.2) is 24.3 Å². The summed E-state index contributed by atoms with van der Waals surface area (Å²) in [7, 11) is 0. The minimum Gasteiger partial charge on any atom is -0.381 e. The second-order valence-corrected chi connectivity index (χ2v) is 5.39. The Labute approximate surface area is 97.4 Å². The summed E-state index contributed by atoms with van der Waals surface area (Å²) in [4.78, 5) is 0. The molecular weight excluding hydrogens is 196 g/mol. The standard InChI is InChI=1S/C14H20N2/c1-9(2)13-11-7-8-15-14(11)10-5-3-4-6-12(10)16-13/h3-6,9,11,13-16H,7-8H2,1-2H3. The van der Waals surface area contributed by atoms with Gasteiger partial charge in [-0.25, -0.2) is 0 Å². The zero-order valence-electron chi connectivity index (χ0n) is 10.0. The third-order valence-corrected chi connectivity index (χ3v) is 4.07. The number of rotatable bonds is 1. The van der Waals surface area contributed by atoms with Crippen LogP contribution in [0, 0.1) is 11.8 Å². The smallest absolute Gasteiger partial charge is 0.0391 e. The Morgan fingerprint density at radius 1 is 1.25 bits per heavy atom. The van der Waals surface area contributed by atoms with Gasteiger partial charge in [0.1, 0.15) is 0 Å². The molecule has 2 aliphatic rings. The van der Waals surface area contributed by atoms with E-state index in [1.807, 2.05) is 0 Å². The first-order valence-corrected chi connectivity index (χ1v) is 6.36. The quantitative estimate of drug-likeness (QED) is 0.754. The minimum atomic E-state index is 0.574. The van der Waals surface area contributed by atoms with Gasteiger partial charge in [0.05, 0.1) is 0 Å². The molecule has 16 heavy (non-hydrogen) atoms. The number of fused-ring (bicyclic) bond motifs is 3. The van der Waals surface area contributed by atoms with Gasteiger partial charge in [-0.15, -0.1) is 0 Å². The Kier molecular flexibility index (Phi) is 2.40. The average Bonchev–Trinajstić information content (AvgIpc) is 2.76. The van der Waals surface area contributed by atoms with E-state index in [2.05, 4.69) is 48.7 Å². The van der Waals surface area contributed by atoms with Crippen LogP contribution in [0.1, 0.15) is 31.9 Å². The highest BCUT2D eigenvalue weighted by Gasteiger charge is 2.40. The molecule has 0 aromatic heterocycles. The van der Waals surface area contributed by atoms with Crippen molar-refractivity contribution >= 4 is 5.69 Å². The fourth-order valence-electron chi connectivity index (χ4n) is 3.30. The molecule has 1 aromatic carbocycles. The average molecular weight is 216 g/mol. The summed E-state index contributed by atoms with van der Waals surface area (Å²) < 4.78 is 0. The molecule has 86 valence electrons. The van der Waals surface area contributed by atoms with E-state index < -0.39 is 0 Å². The lowest BCUT2D eigenvalue weighted by atomic mass is 9.79. The Morgan fingerprint density at radius 2 is 2.06 bits per heavy atom. The second kappa shape index (κ2) is 3.77. The van der Waals surface area contributed by atoms with Gasteiger partial charge in [-0.1, -0.05) is 32.0 Å². The highest BCUT2D eigenvalue weighted by molar-refractivity contribution is 5.56. The van der Waals surface area contributed by atoms with Gasteiger partial charge in [-0.3, -0.25) is 0 Å². The predicted molar refractivity (Wildman–Crippen MR) is 67.5 cm³/mol. The van der Waals surface area contributed by atoms with E-state index >= 15 is 0 Å². The van der Waals surface area contributed by atoms with E-state index in [1.165, 1.54) is 17.7 Å². The van der Waals surface area contributed by atoms with Crippen molar-refractivity contribution in [1.82, 2.24) is 5.32 Å². The van der Waals surface area contributed by atoms with Crippen LogP contribution in [-0.4, -0.2) is 12.6 Å². The molecule has 0 saturated carbocycles. The van der Waals surface area contributed by atoms with Crippen molar-refractivity contribution in [3.8, 4) is 0 Å². The van der Waals surface area contributed by atoms with Crippen molar-refractivity contribution in [2.75, 3.05) is 11.9 Å². The number of hydrogen-bond acceptors (Lipinski definition) is 2. The van der Waals surface area contributed by atoms with Gasteiger partial charge in [0.15, 0.2) is 0 Å². The molecule has 2 aliphatic heterocycles. The zero-order valence-corrected chi connectivity index (χ0v) is 10.0. The largest absolute Gasteiger partial charge is 0.381 e. The van der Waals surface area contributed by atoms with Crippen LogP contribution >= 0.6 is 0 Å². The Morgan fingerprint density at radius 3 is 2.88 bits per heavy atom. The predicted octanol–water partition coefficient (Wildman–Crippen LogP) is 2.79. The fourth-order valence-corrected chi connectivity index (χ4v) is 3.30. The van der Waals surface area contributed by atoms with Gasteiger partial charge in [0.2, 0.25) is 0 Å². The van der Waals surface area contributed by atoms with Gasteiger partial charge in [0.25, 0.3) is 0 Å². The second-order valence-electron chi connectivity index (χ2n) is 5.39. The molecule has 0 bridgehead atoms. The van der Waals surface area contributed by atoms with E-state index in [0.717, 1.165) is 12.5 Å². The van der Waals surface area contributed by atoms with Crippen LogP contribution < -0.4 is 10.6 Å². The van der Waals surface area contributed by atoms with Crippen LogP contribution in [0.2, 0.25) is 0 Å². The van der Waals surface area contributed by atoms with Crippen LogP contribution in [0.5, 0.6) is 0 Å². The molecule has 0 spiro atoms. The van der Waals surface area contributed by atoms with Crippen molar-refractivity contribution in [1.29, 1.82) is 0 Å². The number of benzene rings is 1. The van der Waals surface area contributed by atoms with Gasteiger partial charge in [-0.2, -0.15) is 0 Å². The van der Waals surface area contributed by atoms with E-state index in [4.69, 9.17) is 0 Å². The lowest BCUT2D eigenvalue weighted by Crippen LogP contribution is -2.41. The maximum absolute atomic E-state index is 3.73. The molecule has 2 heteroatoms. The number of nitrogens with one attached hydrogen (secondary N) is 2. The lowest BCUT2D eigenvalue weighted by molar-refractivity contribution is 0.322. The molecule has 3 atom stereocenters. The highest BCUT2D eigenvalue weighted by Crippen LogP contribution is 2.42. The molecule has 0 aliphatic carbocycles. The third-order valence-electron chi connectivity index (χ3n) is 4.07. The maximum atomic E-state index is 3.73. The van der Waals surface area contributed by atoms with E-state index in [1.54, 1.807) is 0 Å². The summed E-state index contributed by atoms with van der Waals surface area (Å²) in [6.07, 6.45) is 1.30. The topological polar surface area (TPSA) is 24.1 Å². The molecule has 2 N–H and O–H groups in total. The Hall–Kier alpha value is -1.02. The van der Waals surface area contributed by atoms with Crippen molar-refractivity contribution in [2.24, 2.45) is 11.8 Å². The third kappa shape index (κ3) is 1.44. The molecule has 3 rings (SSSR count). The number of hydrogen-bond donors (Lipinski definition) is 2. The highest BCUT2D eigenvalue weighted by atomic mass is 15.0. The monoisotopic (exact) mass is 216 g/mol. The molecule has 1 aromatic rings. The Balaban J connectivity index is 2.02. The maximum Gasteiger partial charge on any atom is 0.0391 e. The van der Waals surface area contributed by atoms with Crippen LogP contribution in [0.25, 0.3) is 0 Å². The van der Waals surface area contributed by atoms with Gasteiger partial charge in [-0.05, 0) is 30.5 Å².